The molecule has 0 aromatic heterocycles. The molecule has 0 unspecified atom stereocenters. The van der Waals surface area contributed by atoms with Crippen LogP contribution in [0.25, 0.3) is 0 Å². The van der Waals surface area contributed by atoms with E-state index in [1.54, 1.807) is 0 Å². The van der Waals surface area contributed by atoms with Crippen molar-refractivity contribution in [2.75, 3.05) is 13.2 Å². The van der Waals surface area contributed by atoms with Crippen molar-refractivity contribution < 1.29 is 18.3 Å². The largest absolute Gasteiger partial charge is 0.414 e. The van der Waals surface area contributed by atoms with E-state index in [0.717, 1.165) is 5.56 Å². The van der Waals surface area contributed by atoms with E-state index in [1.807, 2.05) is 30.4 Å². The molecule has 36 heavy (non-hydrogen) atoms. The summed E-state index contributed by atoms with van der Waals surface area (Å²) >= 11 is 0. The van der Waals surface area contributed by atoms with Gasteiger partial charge in [0.1, 0.15) is 6.10 Å². The van der Waals surface area contributed by atoms with Gasteiger partial charge in [-0.05, 0) is 54.7 Å². The summed E-state index contributed by atoms with van der Waals surface area (Å²) in [4.78, 5) is 0. The highest BCUT2D eigenvalue weighted by atomic mass is 28.4. The van der Waals surface area contributed by atoms with E-state index in [2.05, 4.69) is 93.0 Å². The summed E-state index contributed by atoms with van der Waals surface area (Å²) in [5, 5.41) is 0.210. The number of rotatable bonds is 16. The van der Waals surface area contributed by atoms with Gasteiger partial charge >= 0.3 is 0 Å². The van der Waals surface area contributed by atoms with E-state index in [1.165, 1.54) is 0 Å². The van der Waals surface area contributed by atoms with E-state index in [9.17, 15) is 0 Å². The van der Waals surface area contributed by atoms with E-state index >= 15 is 0 Å². The third-order valence-electron chi connectivity index (χ3n) is 7.69. The van der Waals surface area contributed by atoms with Crippen molar-refractivity contribution in [3.63, 3.8) is 0 Å². The van der Waals surface area contributed by atoms with Gasteiger partial charge in [0.15, 0.2) is 16.6 Å². The molecule has 0 spiro atoms. The Kier molecular flexibility index (Phi) is 13.0. The van der Waals surface area contributed by atoms with Crippen molar-refractivity contribution >= 4 is 16.6 Å². The SMILES string of the molecule is C=CC[C@H](COCc1ccccc1)O[C@@H](CO[Si](C)(C)C(C)(C)C)[C@H](CC=C)O[Si](C)(C)C(C)(C)C. The molecule has 0 heterocycles. The molecule has 0 saturated carbocycles. The highest BCUT2D eigenvalue weighted by Gasteiger charge is 2.43. The van der Waals surface area contributed by atoms with Gasteiger partial charge in [0, 0.05) is 0 Å². The molecule has 3 atom stereocenters. The van der Waals surface area contributed by atoms with Gasteiger partial charge in [-0.1, -0.05) is 84.0 Å². The highest BCUT2D eigenvalue weighted by molar-refractivity contribution is 6.74. The van der Waals surface area contributed by atoms with E-state index < -0.39 is 16.6 Å². The van der Waals surface area contributed by atoms with Gasteiger partial charge in [0.05, 0.1) is 32.0 Å². The van der Waals surface area contributed by atoms with Crippen LogP contribution in [-0.2, 0) is 24.9 Å². The minimum absolute atomic E-state index is 0.0938. The van der Waals surface area contributed by atoms with Crippen molar-refractivity contribution in [3.8, 4) is 0 Å². The van der Waals surface area contributed by atoms with E-state index in [0.29, 0.717) is 32.7 Å². The molecule has 206 valence electrons. The zero-order valence-corrected chi connectivity index (χ0v) is 26.9. The molecule has 0 aliphatic carbocycles. The van der Waals surface area contributed by atoms with Crippen LogP contribution in [0.2, 0.25) is 36.3 Å². The molecule has 0 N–H and O–H groups in total. The fourth-order valence-electron chi connectivity index (χ4n) is 3.21. The monoisotopic (exact) mass is 534 g/mol. The summed E-state index contributed by atoms with van der Waals surface area (Å²) in [6.07, 6.45) is 4.77. The smallest absolute Gasteiger partial charge is 0.192 e. The lowest BCUT2D eigenvalue weighted by atomic mass is 10.1. The summed E-state index contributed by atoms with van der Waals surface area (Å²) < 4.78 is 26.4. The lowest BCUT2D eigenvalue weighted by Crippen LogP contribution is -2.51. The molecular weight excluding hydrogens is 480 g/mol. The Morgan fingerprint density at radius 2 is 1.33 bits per heavy atom. The predicted octanol–water partition coefficient (Wildman–Crippen LogP) is 8.52. The van der Waals surface area contributed by atoms with Crippen LogP contribution in [-0.4, -0.2) is 48.2 Å². The fourth-order valence-corrected chi connectivity index (χ4v) is 5.59. The van der Waals surface area contributed by atoms with Gasteiger partial charge in [-0.2, -0.15) is 0 Å². The third-order valence-corrected chi connectivity index (χ3v) is 16.7. The van der Waals surface area contributed by atoms with Crippen molar-refractivity contribution in [2.45, 2.75) is 116 Å². The van der Waals surface area contributed by atoms with Gasteiger partial charge in [0.25, 0.3) is 0 Å². The Labute approximate surface area is 224 Å². The molecule has 0 radical (unpaired) electrons. The van der Waals surface area contributed by atoms with Gasteiger partial charge in [-0.15, -0.1) is 13.2 Å². The minimum Gasteiger partial charge on any atom is -0.414 e. The Morgan fingerprint density at radius 1 is 0.778 bits per heavy atom. The topological polar surface area (TPSA) is 36.9 Å². The molecule has 0 fully saturated rings. The maximum Gasteiger partial charge on any atom is 0.192 e. The van der Waals surface area contributed by atoms with Crippen molar-refractivity contribution in [1.82, 2.24) is 0 Å². The van der Waals surface area contributed by atoms with Crippen molar-refractivity contribution in [2.24, 2.45) is 0 Å². The van der Waals surface area contributed by atoms with Crippen LogP contribution in [0.3, 0.4) is 0 Å². The maximum atomic E-state index is 6.92. The van der Waals surface area contributed by atoms with Crippen LogP contribution in [0.15, 0.2) is 55.6 Å². The molecule has 1 aromatic rings. The second-order valence-electron chi connectivity index (χ2n) is 12.8. The normalized spacial score (nSPS) is 15.8. The Morgan fingerprint density at radius 3 is 1.83 bits per heavy atom. The van der Waals surface area contributed by atoms with Crippen LogP contribution >= 0.6 is 0 Å². The molecule has 1 aromatic carbocycles. The zero-order chi connectivity index (χ0) is 27.6. The number of hydrogen-bond donors (Lipinski definition) is 0. The third kappa shape index (κ3) is 10.8. The summed E-state index contributed by atoms with van der Waals surface area (Å²) in [5.74, 6) is 0. The lowest BCUT2D eigenvalue weighted by Gasteiger charge is -2.43. The summed E-state index contributed by atoms with van der Waals surface area (Å²) in [5.41, 5.74) is 1.15. The van der Waals surface area contributed by atoms with Crippen LogP contribution in [0, 0.1) is 0 Å². The molecule has 4 nitrogen and oxygen atoms in total. The van der Waals surface area contributed by atoms with Crippen molar-refractivity contribution in [1.29, 1.82) is 0 Å². The maximum absolute atomic E-state index is 6.92. The first-order valence-electron chi connectivity index (χ1n) is 13.3. The first-order chi connectivity index (χ1) is 16.5. The standard InChI is InChI=1S/C30H54O4Si2/c1-13-18-26(23-31-22-25-20-16-15-17-21-25)33-28(24-32-35(9,10)29(3,4)5)27(19-14-2)34-36(11,12)30(6,7)8/h13-17,20-21,26-28H,1-2,18-19,22-24H2,3-12H3/t26-,27+,28+/m1/s1. The zero-order valence-electron chi connectivity index (χ0n) is 24.9. The molecule has 6 heteroatoms. The fraction of sp³-hybridized carbons (Fsp3) is 0.667. The first kappa shape index (κ1) is 33.0. The Hall–Kier alpha value is -1.03. The van der Waals surface area contributed by atoms with Crippen LogP contribution < -0.4 is 0 Å². The molecular formula is C30H54O4Si2. The number of benzene rings is 1. The molecule has 1 rings (SSSR count). The molecule has 0 aliphatic heterocycles. The number of ether oxygens (including phenoxy) is 2. The summed E-state index contributed by atoms with van der Waals surface area (Å²) in [6, 6.07) is 10.2. The average Bonchev–Trinajstić information content (AvgIpc) is 2.75. The van der Waals surface area contributed by atoms with Gasteiger partial charge < -0.3 is 18.3 Å². The van der Waals surface area contributed by atoms with Crippen LogP contribution in [0.4, 0.5) is 0 Å². The first-order valence-corrected chi connectivity index (χ1v) is 19.2. The Bertz CT molecular complexity index is 778. The summed E-state index contributed by atoms with van der Waals surface area (Å²) in [7, 11) is -4.01. The average molecular weight is 535 g/mol. The highest BCUT2D eigenvalue weighted by Crippen LogP contribution is 2.39. The lowest BCUT2D eigenvalue weighted by molar-refractivity contribution is -0.111. The second kappa shape index (κ2) is 14.2. The molecule has 0 saturated heterocycles. The van der Waals surface area contributed by atoms with E-state index in [-0.39, 0.29) is 28.4 Å². The van der Waals surface area contributed by atoms with Gasteiger partial charge in [-0.3, -0.25) is 0 Å². The van der Waals surface area contributed by atoms with Gasteiger partial charge in [0.2, 0.25) is 0 Å². The van der Waals surface area contributed by atoms with Crippen molar-refractivity contribution in [3.05, 3.63) is 61.2 Å². The van der Waals surface area contributed by atoms with Crippen LogP contribution in [0.5, 0.6) is 0 Å². The predicted molar refractivity (Wildman–Crippen MR) is 160 cm³/mol. The minimum atomic E-state index is -2.04. The molecule has 0 amide bonds. The molecule has 0 bridgehead atoms. The quantitative estimate of drug-likeness (QED) is 0.157. The number of hydrogen-bond acceptors (Lipinski definition) is 4. The molecule has 0 aliphatic rings. The van der Waals surface area contributed by atoms with E-state index in [4.69, 9.17) is 18.3 Å². The van der Waals surface area contributed by atoms with Gasteiger partial charge in [-0.25, -0.2) is 0 Å². The second-order valence-corrected chi connectivity index (χ2v) is 22.4. The summed E-state index contributed by atoms with van der Waals surface area (Å²) in [6.45, 7) is 32.3. The Balaban J connectivity index is 3.13. The van der Waals surface area contributed by atoms with Crippen LogP contribution in [0.1, 0.15) is 59.9 Å².